The minimum atomic E-state index is -1.09. The van der Waals surface area contributed by atoms with Gasteiger partial charge in [0.05, 0.1) is 11.3 Å². The van der Waals surface area contributed by atoms with E-state index in [4.69, 9.17) is 5.11 Å². The monoisotopic (exact) mass is 342 g/mol. The number of halogens is 1. The first-order valence-electron chi connectivity index (χ1n) is 6.40. The fourth-order valence-electron chi connectivity index (χ4n) is 1.95. The van der Waals surface area contributed by atoms with Gasteiger partial charge < -0.3 is 15.7 Å². The Kier molecular flexibility index (Phi) is 6.01. The second-order valence-corrected chi connectivity index (χ2v) is 6.04. The van der Waals surface area contributed by atoms with Crippen molar-refractivity contribution in [1.29, 1.82) is 0 Å². The zero-order valence-corrected chi connectivity index (χ0v) is 13.3. The number of hydrogen-bond donors (Lipinski definition) is 3. The molecule has 2 amide bonds. The first-order chi connectivity index (χ1) is 9.29. The van der Waals surface area contributed by atoms with Crippen molar-refractivity contribution < 1.29 is 14.7 Å². The van der Waals surface area contributed by atoms with Crippen molar-refractivity contribution in [1.82, 2.24) is 5.32 Å². The van der Waals surface area contributed by atoms with Crippen LogP contribution in [-0.2, 0) is 0 Å². The van der Waals surface area contributed by atoms with Gasteiger partial charge >= 0.3 is 12.0 Å². The summed E-state index contributed by atoms with van der Waals surface area (Å²) < 4.78 is 0.647. The summed E-state index contributed by atoms with van der Waals surface area (Å²) in [6.07, 6.45) is 0.861. The quantitative estimate of drug-likeness (QED) is 0.763. The molecule has 0 saturated heterocycles. The van der Waals surface area contributed by atoms with Gasteiger partial charge in [-0.05, 0) is 37.5 Å². The molecule has 0 spiro atoms. The summed E-state index contributed by atoms with van der Waals surface area (Å²) in [6, 6.07) is 4.32. The number of nitrogens with one attached hydrogen (secondary N) is 2. The highest BCUT2D eigenvalue weighted by Gasteiger charge is 2.14. The minimum Gasteiger partial charge on any atom is -0.478 e. The van der Waals surface area contributed by atoms with E-state index >= 15 is 0 Å². The molecule has 0 fully saturated rings. The Hall–Kier alpha value is -1.56. The number of anilines is 1. The average Bonchev–Trinajstić information content (AvgIpc) is 2.29. The second-order valence-electron chi connectivity index (χ2n) is 5.12. The molecular weight excluding hydrogens is 324 g/mol. The molecule has 1 aromatic carbocycles. The van der Waals surface area contributed by atoms with Crippen LogP contribution in [0.25, 0.3) is 0 Å². The molecule has 110 valence electrons. The molecule has 5 nitrogen and oxygen atoms in total. The normalized spacial score (nSPS) is 12.1. The van der Waals surface area contributed by atoms with E-state index in [0.717, 1.165) is 6.42 Å². The fourth-order valence-corrected chi connectivity index (χ4v) is 2.31. The van der Waals surface area contributed by atoms with Gasteiger partial charge in [0.1, 0.15) is 0 Å². The van der Waals surface area contributed by atoms with Crippen LogP contribution in [0.4, 0.5) is 10.5 Å². The van der Waals surface area contributed by atoms with Crippen molar-refractivity contribution in [3.05, 3.63) is 28.2 Å². The lowest BCUT2D eigenvalue weighted by atomic mass is 10.1. The number of rotatable bonds is 5. The van der Waals surface area contributed by atoms with Crippen LogP contribution >= 0.6 is 15.9 Å². The predicted molar refractivity (Wildman–Crippen MR) is 82.2 cm³/mol. The number of carbonyl (C=O) groups is 2. The number of benzene rings is 1. The number of carboxylic acids is 1. The largest absolute Gasteiger partial charge is 0.478 e. The van der Waals surface area contributed by atoms with Gasteiger partial charge in [0.15, 0.2) is 0 Å². The van der Waals surface area contributed by atoms with Crippen LogP contribution in [0.3, 0.4) is 0 Å². The van der Waals surface area contributed by atoms with Crippen LogP contribution in [0.2, 0.25) is 0 Å². The van der Waals surface area contributed by atoms with Gasteiger partial charge in [-0.25, -0.2) is 9.59 Å². The highest BCUT2D eigenvalue weighted by molar-refractivity contribution is 9.10. The van der Waals surface area contributed by atoms with Crippen LogP contribution in [0.15, 0.2) is 22.7 Å². The molecule has 0 radical (unpaired) electrons. The highest BCUT2D eigenvalue weighted by atomic mass is 79.9. The van der Waals surface area contributed by atoms with E-state index in [-0.39, 0.29) is 17.3 Å². The lowest BCUT2D eigenvalue weighted by Crippen LogP contribution is -2.37. The molecular formula is C14H19BrN2O3. The highest BCUT2D eigenvalue weighted by Crippen LogP contribution is 2.21. The minimum absolute atomic E-state index is 0.0266. The molecule has 1 unspecified atom stereocenters. The summed E-state index contributed by atoms with van der Waals surface area (Å²) in [4.78, 5) is 23.0. The Labute approximate surface area is 126 Å². The first kappa shape index (κ1) is 16.5. The Bertz CT molecular complexity index is 503. The Morgan fingerprint density at radius 3 is 2.50 bits per heavy atom. The van der Waals surface area contributed by atoms with Crippen LogP contribution in [0.5, 0.6) is 0 Å². The van der Waals surface area contributed by atoms with Crippen molar-refractivity contribution in [3.8, 4) is 0 Å². The van der Waals surface area contributed by atoms with Crippen molar-refractivity contribution in [2.75, 3.05) is 5.32 Å². The Morgan fingerprint density at radius 1 is 1.30 bits per heavy atom. The topological polar surface area (TPSA) is 78.4 Å². The molecule has 0 aliphatic heterocycles. The maximum absolute atomic E-state index is 11.8. The van der Waals surface area contributed by atoms with Crippen LogP contribution in [0.1, 0.15) is 37.6 Å². The smallest absolute Gasteiger partial charge is 0.337 e. The molecule has 0 bridgehead atoms. The van der Waals surface area contributed by atoms with Crippen LogP contribution in [-0.4, -0.2) is 23.1 Å². The van der Waals surface area contributed by atoms with Gasteiger partial charge in [0.2, 0.25) is 0 Å². The summed E-state index contributed by atoms with van der Waals surface area (Å²) in [5.74, 6) is -0.607. The molecule has 0 heterocycles. The van der Waals surface area contributed by atoms with Crippen LogP contribution < -0.4 is 10.6 Å². The number of hydrogen-bond acceptors (Lipinski definition) is 2. The lowest BCUT2D eigenvalue weighted by molar-refractivity contribution is 0.0698. The summed E-state index contributed by atoms with van der Waals surface area (Å²) in [7, 11) is 0. The number of aromatic carboxylic acids is 1. The molecule has 1 rings (SSSR count). The van der Waals surface area contributed by atoms with E-state index in [9.17, 15) is 9.59 Å². The van der Waals surface area contributed by atoms with Crippen molar-refractivity contribution in [2.45, 2.75) is 33.2 Å². The van der Waals surface area contributed by atoms with Gasteiger partial charge in [-0.3, -0.25) is 0 Å². The number of carboxylic acid groups (broad SMARTS) is 1. The third-order valence-corrected chi connectivity index (χ3v) is 3.16. The van der Waals surface area contributed by atoms with Crippen molar-refractivity contribution in [2.24, 2.45) is 5.92 Å². The predicted octanol–water partition coefficient (Wildman–Crippen LogP) is 3.70. The molecule has 1 aromatic rings. The van der Waals surface area contributed by atoms with E-state index in [2.05, 4.69) is 40.4 Å². The summed E-state index contributed by atoms with van der Waals surface area (Å²) in [5.41, 5.74) is 0.320. The number of urea groups is 1. The van der Waals surface area contributed by atoms with E-state index < -0.39 is 12.0 Å². The first-order valence-corrected chi connectivity index (χ1v) is 7.19. The maximum atomic E-state index is 11.8. The van der Waals surface area contributed by atoms with E-state index in [1.807, 2.05) is 6.92 Å². The van der Waals surface area contributed by atoms with Gasteiger partial charge in [-0.1, -0.05) is 29.8 Å². The van der Waals surface area contributed by atoms with Crippen molar-refractivity contribution in [3.63, 3.8) is 0 Å². The molecule has 0 aromatic heterocycles. The molecule has 0 saturated carbocycles. The Morgan fingerprint density at radius 2 is 1.95 bits per heavy atom. The summed E-state index contributed by atoms with van der Waals surface area (Å²) in [6.45, 7) is 6.07. The zero-order valence-electron chi connectivity index (χ0n) is 11.7. The van der Waals surface area contributed by atoms with E-state index in [1.165, 1.54) is 6.07 Å². The third kappa shape index (κ3) is 5.21. The average molecular weight is 343 g/mol. The second kappa shape index (κ2) is 7.28. The number of amides is 2. The van der Waals surface area contributed by atoms with Crippen molar-refractivity contribution >= 4 is 33.6 Å². The molecule has 0 aliphatic carbocycles. The molecule has 0 aliphatic rings. The fraction of sp³-hybridized carbons (Fsp3) is 0.429. The SMILES string of the molecule is CC(C)CC(C)NC(=O)Nc1ccc(Br)cc1C(=O)O. The molecule has 3 N–H and O–H groups in total. The van der Waals surface area contributed by atoms with Crippen LogP contribution in [0, 0.1) is 5.92 Å². The Balaban J connectivity index is 2.73. The zero-order chi connectivity index (χ0) is 15.3. The lowest BCUT2D eigenvalue weighted by Gasteiger charge is -2.17. The van der Waals surface area contributed by atoms with Gasteiger partial charge in [-0.2, -0.15) is 0 Å². The molecule has 20 heavy (non-hydrogen) atoms. The summed E-state index contributed by atoms with van der Waals surface area (Å²) in [5, 5.41) is 14.5. The third-order valence-electron chi connectivity index (χ3n) is 2.66. The van der Waals surface area contributed by atoms with Gasteiger partial charge in [0, 0.05) is 10.5 Å². The standard InChI is InChI=1S/C14H19BrN2O3/c1-8(2)6-9(3)16-14(20)17-12-5-4-10(15)7-11(12)13(18)19/h4-5,7-9H,6H2,1-3H3,(H,18,19)(H2,16,17,20). The van der Waals surface area contributed by atoms with E-state index in [1.54, 1.807) is 12.1 Å². The van der Waals surface area contributed by atoms with Gasteiger partial charge in [0.25, 0.3) is 0 Å². The van der Waals surface area contributed by atoms with E-state index in [0.29, 0.717) is 10.4 Å². The number of carbonyl (C=O) groups excluding carboxylic acids is 1. The maximum Gasteiger partial charge on any atom is 0.337 e. The summed E-state index contributed by atoms with van der Waals surface area (Å²) >= 11 is 3.21. The molecule has 1 atom stereocenters. The van der Waals surface area contributed by atoms with Gasteiger partial charge in [-0.15, -0.1) is 0 Å². The molecule has 6 heteroatoms.